The van der Waals surface area contributed by atoms with E-state index in [1.807, 2.05) is 24.6 Å². The van der Waals surface area contributed by atoms with Gasteiger partial charge in [0.05, 0.1) is 6.61 Å². The number of nitrogens with one attached hydrogen (secondary N) is 1. The van der Waals surface area contributed by atoms with Gasteiger partial charge in [0.15, 0.2) is 0 Å². The van der Waals surface area contributed by atoms with Crippen LogP contribution in [0.1, 0.15) is 18.9 Å². The monoisotopic (exact) mass is 273 g/mol. The minimum absolute atomic E-state index is 0.00461. The predicted molar refractivity (Wildman–Crippen MR) is 74.6 cm³/mol. The highest BCUT2D eigenvalue weighted by Gasteiger charge is 2.16. The third kappa shape index (κ3) is 5.10. The Morgan fingerprint density at radius 1 is 1.65 bits per heavy atom. The van der Waals surface area contributed by atoms with Gasteiger partial charge in [0.2, 0.25) is 5.91 Å². The summed E-state index contributed by atoms with van der Waals surface area (Å²) in [6, 6.07) is 2.05. The Morgan fingerprint density at radius 2 is 2.41 bits per heavy atom. The molecule has 17 heavy (non-hydrogen) atoms. The molecule has 3 nitrogen and oxygen atoms in total. The Kier molecular flexibility index (Phi) is 6.62. The van der Waals surface area contributed by atoms with Crippen LogP contribution in [0.25, 0.3) is 0 Å². The summed E-state index contributed by atoms with van der Waals surface area (Å²) in [6.07, 6.45) is 3.23. The average Bonchev–Trinajstić information content (AvgIpc) is 2.81. The molecule has 0 saturated heterocycles. The highest BCUT2D eigenvalue weighted by atomic mass is 32.2. The van der Waals surface area contributed by atoms with Crippen molar-refractivity contribution >= 4 is 29.0 Å². The summed E-state index contributed by atoms with van der Waals surface area (Å²) >= 11 is 3.22. The van der Waals surface area contributed by atoms with Crippen molar-refractivity contribution in [1.82, 2.24) is 5.32 Å². The van der Waals surface area contributed by atoms with E-state index in [1.54, 1.807) is 23.1 Å². The van der Waals surface area contributed by atoms with E-state index in [-0.39, 0.29) is 23.8 Å². The number of aryl methyl sites for hydroxylation is 1. The van der Waals surface area contributed by atoms with Crippen LogP contribution in [0, 0.1) is 0 Å². The molecule has 1 amide bonds. The number of carbonyl (C=O) groups excluding carboxylic acids is 1. The van der Waals surface area contributed by atoms with E-state index in [1.165, 1.54) is 5.56 Å². The number of rotatable bonds is 7. The normalized spacial score (nSPS) is 14.3. The minimum atomic E-state index is 0.00461. The van der Waals surface area contributed by atoms with Crippen LogP contribution in [-0.2, 0) is 11.2 Å². The highest BCUT2D eigenvalue weighted by molar-refractivity contribution is 7.99. The third-order valence-electron chi connectivity index (χ3n) is 2.65. The van der Waals surface area contributed by atoms with Crippen molar-refractivity contribution in [3.8, 4) is 0 Å². The first kappa shape index (κ1) is 14.5. The SMILES string of the molecule is CS[C@@H](CO)[C@@H](C)NC(=O)CCc1ccsc1. The molecule has 1 rings (SSSR count). The van der Waals surface area contributed by atoms with Gasteiger partial charge in [0.25, 0.3) is 0 Å². The third-order valence-corrected chi connectivity index (χ3v) is 4.54. The van der Waals surface area contributed by atoms with Crippen LogP contribution in [0.15, 0.2) is 16.8 Å². The van der Waals surface area contributed by atoms with Crippen LogP contribution in [0.3, 0.4) is 0 Å². The lowest BCUT2D eigenvalue weighted by Gasteiger charge is -2.21. The Balaban J connectivity index is 2.29. The standard InChI is InChI=1S/C12H19NO2S2/c1-9(11(7-14)16-2)13-12(15)4-3-10-5-6-17-8-10/h5-6,8-9,11,14H,3-4,7H2,1-2H3,(H,13,15)/t9-,11+/m1/s1. The first-order valence-electron chi connectivity index (χ1n) is 5.61. The number of carbonyl (C=O) groups is 1. The van der Waals surface area contributed by atoms with Crippen LogP contribution < -0.4 is 5.32 Å². The summed E-state index contributed by atoms with van der Waals surface area (Å²) in [4.78, 5) is 11.7. The van der Waals surface area contributed by atoms with Gasteiger partial charge in [-0.2, -0.15) is 23.1 Å². The summed E-state index contributed by atoms with van der Waals surface area (Å²) in [5.41, 5.74) is 1.21. The van der Waals surface area contributed by atoms with E-state index >= 15 is 0 Å². The van der Waals surface area contributed by atoms with Gasteiger partial charge < -0.3 is 10.4 Å². The van der Waals surface area contributed by atoms with Crippen LogP contribution in [0.4, 0.5) is 0 Å². The van der Waals surface area contributed by atoms with Crippen molar-refractivity contribution < 1.29 is 9.90 Å². The second-order valence-corrected chi connectivity index (χ2v) is 5.80. The fourth-order valence-electron chi connectivity index (χ4n) is 1.55. The zero-order valence-electron chi connectivity index (χ0n) is 10.2. The highest BCUT2D eigenvalue weighted by Crippen LogP contribution is 2.11. The van der Waals surface area contributed by atoms with Crippen LogP contribution in [-0.4, -0.2) is 35.2 Å². The van der Waals surface area contributed by atoms with Gasteiger partial charge in [-0.3, -0.25) is 4.79 Å². The molecule has 0 radical (unpaired) electrons. The molecule has 0 unspecified atom stereocenters. The maximum Gasteiger partial charge on any atom is 0.220 e. The maximum absolute atomic E-state index is 11.7. The average molecular weight is 273 g/mol. The molecule has 5 heteroatoms. The maximum atomic E-state index is 11.7. The van der Waals surface area contributed by atoms with Crippen molar-refractivity contribution in [3.05, 3.63) is 22.4 Å². The molecule has 0 bridgehead atoms. The van der Waals surface area contributed by atoms with Gasteiger partial charge >= 0.3 is 0 Å². The lowest BCUT2D eigenvalue weighted by molar-refractivity contribution is -0.121. The Hall–Kier alpha value is -0.520. The lowest BCUT2D eigenvalue weighted by Crippen LogP contribution is -2.41. The Labute approximate surface area is 111 Å². The fraction of sp³-hybridized carbons (Fsp3) is 0.583. The summed E-state index contributed by atoms with van der Waals surface area (Å²) in [6.45, 7) is 2.02. The van der Waals surface area contributed by atoms with E-state index in [2.05, 4.69) is 10.7 Å². The summed E-state index contributed by atoms with van der Waals surface area (Å²) in [5, 5.41) is 16.2. The molecule has 0 aromatic carbocycles. The molecule has 0 spiro atoms. The molecule has 0 aliphatic rings. The fourth-order valence-corrected chi connectivity index (χ4v) is 2.88. The van der Waals surface area contributed by atoms with Gasteiger partial charge in [-0.25, -0.2) is 0 Å². The molecule has 0 aliphatic carbocycles. The van der Waals surface area contributed by atoms with Gasteiger partial charge in [-0.1, -0.05) is 0 Å². The van der Waals surface area contributed by atoms with E-state index in [4.69, 9.17) is 5.11 Å². The van der Waals surface area contributed by atoms with Gasteiger partial charge in [0, 0.05) is 17.7 Å². The van der Waals surface area contributed by atoms with Gasteiger partial charge in [0.1, 0.15) is 0 Å². The molecular formula is C12H19NO2S2. The molecule has 1 aromatic rings. The molecule has 2 atom stereocenters. The summed E-state index contributed by atoms with van der Waals surface area (Å²) in [7, 11) is 0. The molecule has 0 aliphatic heterocycles. The molecule has 96 valence electrons. The summed E-state index contributed by atoms with van der Waals surface area (Å²) in [5.74, 6) is 0.0520. The number of aliphatic hydroxyl groups is 1. The molecule has 2 N–H and O–H groups in total. The van der Waals surface area contributed by atoms with Gasteiger partial charge in [-0.15, -0.1) is 0 Å². The number of amides is 1. The zero-order valence-corrected chi connectivity index (χ0v) is 11.8. The summed E-state index contributed by atoms with van der Waals surface area (Å²) < 4.78 is 0. The van der Waals surface area contributed by atoms with Crippen LogP contribution in [0.5, 0.6) is 0 Å². The molecule has 0 fully saturated rings. The molecule has 1 aromatic heterocycles. The predicted octanol–water partition coefficient (Wildman–Crippen LogP) is 1.91. The van der Waals surface area contributed by atoms with E-state index in [9.17, 15) is 4.79 Å². The Bertz CT molecular complexity index is 323. The second kappa shape index (κ2) is 7.74. The van der Waals surface area contributed by atoms with Crippen molar-refractivity contribution in [3.63, 3.8) is 0 Å². The largest absolute Gasteiger partial charge is 0.395 e. The zero-order chi connectivity index (χ0) is 12.7. The van der Waals surface area contributed by atoms with Crippen molar-refractivity contribution in [2.75, 3.05) is 12.9 Å². The van der Waals surface area contributed by atoms with Crippen LogP contribution in [0.2, 0.25) is 0 Å². The van der Waals surface area contributed by atoms with E-state index in [0.29, 0.717) is 6.42 Å². The van der Waals surface area contributed by atoms with Crippen molar-refractivity contribution in [1.29, 1.82) is 0 Å². The molecule has 0 saturated carbocycles. The first-order valence-corrected chi connectivity index (χ1v) is 7.84. The van der Waals surface area contributed by atoms with Crippen molar-refractivity contribution in [2.24, 2.45) is 0 Å². The number of hydrogen-bond donors (Lipinski definition) is 2. The minimum Gasteiger partial charge on any atom is -0.395 e. The number of thioether (sulfide) groups is 1. The van der Waals surface area contributed by atoms with Gasteiger partial charge in [-0.05, 0) is 42.0 Å². The Morgan fingerprint density at radius 3 is 2.94 bits per heavy atom. The van der Waals surface area contributed by atoms with Crippen molar-refractivity contribution in [2.45, 2.75) is 31.1 Å². The smallest absolute Gasteiger partial charge is 0.220 e. The van der Waals surface area contributed by atoms with E-state index < -0.39 is 0 Å². The quantitative estimate of drug-likeness (QED) is 0.798. The molecular weight excluding hydrogens is 254 g/mol. The van der Waals surface area contributed by atoms with E-state index in [0.717, 1.165) is 6.42 Å². The second-order valence-electron chi connectivity index (χ2n) is 3.94. The number of thiophene rings is 1. The number of hydrogen-bond acceptors (Lipinski definition) is 4. The number of aliphatic hydroxyl groups excluding tert-OH is 1. The molecule has 1 heterocycles. The lowest BCUT2D eigenvalue weighted by atomic mass is 10.1. The van der Waals surface area contributed by atoms with Crippen LogP contribution >= 0.6 is 23.1 Å². The first-order chi connectivity index (χ1) is 8.17. The topological polar surface area (TPSA) is 49.3 Å².